The summed E-state index contributed by atoms with van der Waals surface area (Å²) in [5.41, 5.74) is 3.29. The minimum atomic E-state index is -0.907. The predicted molar refractivity (Wildman–Crippen MR) is 84.4 cm³/mol. The first-order valence-electron chi connectivity index (χ1n) is 7.39. The topological polar surface area (TPSA) is 92.9 Å². The fraction of sp³-hybridized carbons (Fsp3) is 0.250. The molecule has 0 saturated carbocycles. The summed E-state index contributed by atoms with van der Waals surface area (Å²) in [5, 5.41) is 17.7. The molecule has 116 valence electrons. The molecule has 1 aliphatic rings. The van der Waals surface area contributed by atoms with Gasteiger partial charge in [-0.05, 0) is 36.1 Å². The number of nitrogens with one attached hydrogen (secondary N) is 1. The molecular weight excluding hydrogens is 294 g/mol. The number of rotatable bonds is 3. The molecule has 7 heteroatoms. The molecule has 1 aromatic carbocycles. The van der Waals surface area contributed by atoms with Crippen molar-refractivity contribution in [1.82, 2.24) is 19.7 Å². The molecule has 3 aromatic rings. The number of carboxylic acids is 1. The van der Waals surface area contributed by atoms with Crippen LogP contribution in [0.25, 0.3) is 11.0 Å². The Morgan fingerprint density at radius 1 is 1.39 bits per heavy atom. The number of fused-ring (bicyclic) bond motifs is 2. The summed E-state index contributed by atoms with van der Waals surface area (Å²) in [4.78, 5) is 19.7. The summed E-state index contributed by atoms with van der Waals surface area (Å²) in [5.74, 6) is -0.184. The molecule has 4 rings (SSSR count). The molecule has 0 bridgehead atoms. The molecule has 0 spiro atoms. The van der Waals surface area contributed by atoms with Crippen molar-refractivity contribution in [2.24, 2.45) is 7.05 Å². The number of aryl methyl sites for hydroxylation is 2. The third kappa shape index (κ3) is 2.21. The van der Waals surface area contributed by atoms with E-state index in [1.54, 1.807) is 23.0 Å². The molecule has 1 unspecified atom stereocenters. The van der Waals surface area contributed by atoms with Gasteiger partial charge in [-0.2, -0.15) is 5.10 Å². The van der Waals surface area contributed by atoms with Crippen LogP contribution in [0.5, 0.6) is 0 Å². The Morgan fingerprint density at radius 3 is 3.09 bits per heavy atom. The van der Waals surface area contributed by atoms with Crippen molar-refractivity contribution < 1.29 is 9.90 Å². The zero-order chi connectivity index (χ0) is 16.0. The van der Waals surface area contributed by atoms with Gasteiger partial charge in [0.15, 0.2) is 5.65 Å². The maximum Gasteiger partial charge on any atom is 0.335 e. The second kappa shape index (κ2) is 5.05. The van der Waals surface area contributed by atoms with Crippen LogP contribution >= 0.6 is 0 Å². The SMILES string of the molecule is Cn1ncc2c(NC3CCc4ccc(C(=O)O)cc43)ncnc21. The van der Waals surface area contributed by atoms with Crippen molar-refractivity contribution in [2.45, 2.75) is 18.9 Å². The maximum absolute atomic E-state index is 11.2. The van der Waals surface area contributed by atoms with Gasteiger partial charge in [0.25, 0.3) is 0 Å². The van der Waals surface area contributed by atoms with Crippen molar-refractivity contribution in [2.75, 3.05) is 5.32 Å². The number of carboxylic acid groups (broad SMARTS) is 1. The lowest BCUT2D eigenvalue weighted by molar-refractivity contribution is 0.0697. The Morgan fingerprint density at radius 2 is 2.26 bits per heavy atom. The minimum absolute atomic E-state index is 0.0441. The molecule has 7 nitrogen and oxygen atoms in total. The van der Waals surface area contributed by atoms with Crippen molar-refractivity contribution >= 4 is 22.8 Å². The van der Waals surface area contributed by atoms with Gasteiger partial charge in [0.05, 0.1) is 23.2 Å². The highest BCUT2D eigenvalue weighted by molar-refractivity contribution is 5.88. The summed E-state index contributed by atoms with van der Waals surface area (Å²) in [6, 6.07) is 5.36. The molecule has 23 heavy (non-hydrogen) atoms. The van der Waals surface area contributed by atoms with E-state index < -0.39 is 5.97 Å². The number of benzene rings is 1. The van der Waals surface area contributed by atoms with Gasteiger partial charge in [-0.1, -0.05) is 6.07 Å². The Balaban J connectivity index is 1.71. The minimum Gasteiger partial charge on any atom is -0.478 e. The Hall–Kier alpha value is -2.96. The third-order valence-corrected chi connectivity index (χ3v) is 4.31. The molecular formula is C16H15N5O2. The zero-order valence-corrected chi connectivity index (χ0v) is 12.5. The van der Waals surface area contributed by atoms with Gasteiger partial charge in [-0.15, -0.1) is 0 Å². The smallest absolute Gasteiger partial charge is 0.335 e. The van der Waals surface area contributed by atoms with Crippen LogP contribution in [0, 0.1) is 0 Å². The number of nitrogens with zero attached hydrogens (tertiary/aromatic N) is 4. The van der Waals surface area contributed by atoms with Crippen LogP contribution in [0.4, 0.5) is 5.82 Å². The van der Waals surface area contributed by atoms with E-state index in [0.29, 0.717) is 5.56 Å². The number of hydrogen-bond acceptors (Lipinski definition) is 5. The lowest BCUT2D eigenvalue weighted by Gasteiger charge is -2.15. The van der Waals surface area contributed by atoms with E-state index in [0.717, 1.165) is 35.3 Å². The number of hydrogen-bond donors (Lipinski definition) is 2. The molecule has 0 radical (unpaired) electrons. The average Bonchev–Trinajstić information content (AvgIpc) is 3.12. The van der Waals surface area contributed by atoms with E-state index in [2.05, 4.69) is 20.4 Å². The van der Waals surface area contributed by atoms with Gasteiger partial charge in [0.2, 0.25) is 0 Å². The third-order valence-electron chi connectivity index (χ3n) is 4.31. The van der Waals surface area contributed by atoms with Crippen LogP contribution in [0.2, 0.25) is 0 Å². The second-order valence-corrected chi connectivity index (χ2v) is 5.68. The summed E-state index contributed by atoms with van der Waals surface area (Å²) in [6.07, 6.45) is 5.08. The van der Waals surface area contributed by atoms with Crippen molar-refractivity contribution in [3.63, 3.8) is 0 Å². The quantitative estimate of drug-likeness (QED) is 0.770. The van der Waals surface area contributed by atoms with Crippen molar-refractivity contribution in [1.29, 1.82) is 0 Å². The van der Waals surface area contributed by atoms with Crippen LogP contribution in [0.3, 0.4) is 0 Å². The van der Waals surface area contributed by atoms with Crippen LogP contribution in [0.15, 0.2) is 30.7 Å². The van der Waals surface area contributed by atoms with Gasteiger partial charge in [0.1, 0.15) is 12.1 Å². The fourth-order valence-electron chi connectivity index (χ4n) is 3.13. The van der Waals surface area contributed by atoms with E-state index >= 15 is 0 Å². The Kier molecular flexibility index (Phi) is 3.00. The molecule has 0 amide bonds. The highest BCUT2D eigenvalue weighted by Gasteiger charge is 2.24. The standard InChI is InChI=1S/C16H15N5O2/c1-21-15-12(7-19-21)14(17-8-18-15)20-13-5-4-9-2-3-10(16(22)23)6-11(9)13/h2-3,6-8,13H,4-5H2,1H3,(H,22,23)(H,17,18,20). The van der Waals surface area contributed by atoms with Crippen molar-refractivity contribution in [3.05, 3.63) is 47.4 Å². The van der Waals surface area contributed by atoms with Crippen LogP contribution < -0.4 is 5.32 Å². The second-order valence-electron chi connectivity index (χ2n) is 5.68. The number of aromatic carboxylic acids is 1. The van der Waals surface area contributed by atoms with Gasteiger partial charge < -0.3 is 10.4 Å². The monoisotopic (exact) mass is 309 g/mol. The highest BCUT2D eigenvalue weighted by Crippen LogP contribution is 2.35. The summed E-state index contributed by atoms with van der Waals surface area (Å²) in [7, 11) is 1.84. The lowest BCUT2D eigenvalue weighted by Crippen LogP contribution is -2.10. The van der Waals surface area contributed by atoms with E-state index in [-0.39, 0.29) is 6.04 Å². The van der Waals surface area contributed by atoms with Gasteiger partial charge >= 0.3 is 5.97 Å². The normalized spacial score (nSPS) is 16.5. The molecule has 1 aliphatic carbocycles. The first kappa shape index (κ1) is 13.7. The fourth-order valence-corrected chi connectivity index (χ4v) is 3.13. The van der Waals surface area contributed by atoms with E-state index in [1.165, 1.54) is 11.9 Å². The van der Waals surface area contributed by atoms with E-state index in [4.69, 9.17) is 0 Å². The van der Waals surface area contributed by atoms with Crippen LogP contribution in [-0.2, 0) is 13.5 Å². The highest BCUT2D eigenvalue weighted by atomic mass is 16.4. The largest absolute Gasteiger partial charge is 0.478 e. The van der Waals surface area contributed by atoms with Crippen LogP contribution in [0.1, 0.15) is 33.9 Å². The molecule has 2 heterocycles. The molecule has 0 fully saturated rings. The molecule has 2 N–H and O–H groups in total. The Bertz CT molecular complexity index is 918. The van der Waals surface area contributed by atoms with E-state index in [1.807, 2.05) is 13.1 Å². The molecule has 2 aromatic heterocycles. The van der Waals surface area contributed by atoms with Gasteiger partial charge in [0, 0.05) is 7.05 Å². The molecule has 0 aliphatic heterocycles. The summed E-state index contributed by atoms with van der Waals surface area (Å²) >= 11 is 0. The first-order chi connectivity index (χ1) is 11.1. The molecule has 1 atom stereocenters. The number of carbonyl (C=O) groups is 1. The van der Waals surface area contributed by atoms with Crippen molar-refractivity contribution in [3.8, 4) is 0 Å². The zero-order valence-electron chi connectivity index (χ0n) is 12.5. The Labute approximate surface area is 132 Å². The van der Waals surface area contributed by atoms with Crippen LogP contribution in [-0.4, -0.2) is 30.8 Å². The lowest BCUT2D eigenvalue weighted by atomic mass is 10.0. The molecule has 0 saturated heterocycles. The summed E-state index contributed by atoms with van der Waals surface area (Å²) in [6.45, 7) is 0. The average molecular weight is 309 g/mol. The maximum atomic E-state index is 11.2. The number of anilines is 1. The van der Waals surface area contributed by atoms with Gasteiger partial charge in [-0.25, -0.2) is 14.8 Å². The van der Waals surface area contributed by atoms with Gasteiger partial charge in [-0.3, -0.25) is 4.68 Å². The van der Waals surface area contributed by atoms with E-state index in [9.17, 15) is 9.90 Å². The summed E-state index contributed by atoms with van der Waals surface area (Å²) < 4.78 is 1.70. The number of aromatic nitrogens is 4. The predicted octanol–water partition coefficient (Wildman–Crippen LogP) is 2.16. The first-order valence-corrected chi connectivity index (χ1v) is 7.39.